The molecule has 11 heavy (non-hydrogen) atoms. The van der Waals surface area contributed by atoms with Gasteiger partial charge in [-0.05, 0) is 6.07 Å². The van der Waals surface area contributed by atoms with Crippen molar-refractivity contribution in [3.05, 3.63) is 12.3 Å². The predicted octanol–water partition coefficient (Wildman–Crippen LogP) is 0.357. The normalized spacial score (nSPS) is 9.45. The average molecular weight is 172 g/mol. The first-order chi connectivity index (χ1) is 4.86. The van der Waals surface area contributed by atoms with Crippen molar-refractivity contribution in [2.45, 2.75) is 0 Å². The molecule has 0 aliphatic carbocycles. The van der Waals surface area contributed by atoms with Crippen molar-refractivity contribution in [3.63, 3.8) is 0 Å². The molecular weight excluding hydrogens is 166 g/mol. The van der Waals surface area contributed by atoms with Crippen molar-refractivity contribution < 1.29 is 0 Å². The lowest BCUT2D eigenvalue weighted by molar-refractivity contribution is 0.954. The zero-order valence-corrected chi connectivity index (χ0v) is 6.30. The molecule has 0 aromatic carbocycles. The Bertz CT molecular complexity index is 356. The summed E-state index contributed by atoms with van der Waals surface area (Å²) >= 11 is 0. The molecule has 3 N–H and O–H groups in total. The summed E-state index contributed by atoms with van der Waals surface area (Å²) in [6.07, 6.45) is 1.55. The van der Waals surface area contributed by atoms with E-state index < -0.39 is 0 Å². The Kier molecular flexibility index (Phi) is 1.91. The Morgan fingerprint density at radius 1 is 1.36 bits per heavy atom. The molecule has 2 aromatic heterocycles. The fraction of sp³-hybridized carbons (Fsp3) is 0. The van der Waals surface area contributed by atoms with Gasteiger partial charge in [-0.3, -0.25) is 0 Å². The van der Waals surface area contributed by atoms with Gasteiger partial charge < -0.3 is 5.73 Å². The van der Waals surface area contributed by atoms with E-state index in [0.717, 1.165) is 0 Å². The average Bonchev–Trinajstić information content (AvgIpc) is 2.33. The Balaban J connectivity index is 0.000000605. The zero-order chi connectivity index (χ0) is 6.97. The van der Waals surface area contributed by atoms with Gasteiger partial charge in [-0.2, -0.15) is 10.3 Å². The van der Waals surface area contributed by atoms with E-state index in [4.69, 9.17) is 5.73 Å². The van der Waals surface area contributed by atoms with Gasteiger partial charge in [0.1, 0.15) is 5.52 Å². The van der Waals surface area contributed by atoms with E-state index in [1.165, 1.54) is 0 Å². The number of pyridine rings is 1. The van der Waals surface area contributed by atoms with Gasteiger partial charge >= 0.3 is 0 Å². The number of aromatic amines is 1. The molecule has 0 bridgehead atoms. The Hall–Kier alpha value is -1.36. The number of anilines is 1. The van der Waals surface area contributed by atoms with Crippen LogP contribution in [-0.2, 0) is 0 Å². The third kappa shape index (κ3) is 1.22. The number of nitrogens with one attached hydrogen (secondary N) is 1. The highest BCUT2D eigenvalue weighted by Crippen LogP contribution is 2.06. The highest BCUT2D eigenvalue weighted by atomic mass is 35.5. The summed E-state index contributed by atoms with van der Waals surface area (Å²) in [6, 6.07) is 1.71. The number of rotatable bonds is 0. The first kappa shape index (κ1) is 7.74. The summed E-state index contributed by atoms with van der Waals surface area (Å²) in [4.78, 5) is 3.91. The van der Waals surface area contributed by atoms with Gasteiger partial charge in [0.2, 0.25) is 5.65 Å². The van der Waals surface area contributed by atoms with Crippen LogP contribution >= 0.6 is 12.4 Å². The molecule has 0 radical (unpaired) electrons. The van der Waals surface area contributed by atoms with Crippen LogP contribution in [0.1, 0.15) is 0 Å². The summed E-state index contributed by atoms with van der Waals surface area (Å²) in [5.74, 6) is 0. The lowest BCUT2D eigenvalue weighted by atomic mass is 10.4. The number of halogens is 1. The lowest BCUT2D eigenvalue weighted by Crippen LogP contribution is -1.85. The molecule has 2 rings (SSSR count). The minimum Gasteiger partial charge on any atom is -0.397 e. The molecule has 0 unspecified atom stereocenters. The number of fused-ring (bicyclic) bond motifs is 1. The van der Waals surface area contributed by atoms with E-state index in [1.807, 2.05) is 0 Å². The van der Waals surface area contributed by atoms with Crippen molar-refractivity contribution >= 4 is 29.3 Å². The lowest BCUT2D eigenvalue weighted by Gasteiger charge is -1.86. The second-order valence-corrected chi connectivity index (χ2v) is 1.93. The molecule has 0 aliphatic heterocycles. The summed E-state index contributed by atoms with van der Waals surface area (Å²) in [5, 5.41) is 10.0. The van der Waals surface area contributed by atoms with E-state index >= 15 is 0 Å². The first-order valence-corrected chi connectivity index (χ1v) is 2.78. The van der Waals surface area contributed by atoms with Gasteiger partial charge in [0, 0.05) is 0 Å². The van der Waals surface area contributed by atoms with E-state index in [1.54, 1.807) is 12.3 Å². The maximum absolute atomic E-state index is 5.44. The van der Waals surface area contributed by atoms with Crippen LogP contribution in [0, 0.1) is 0 Å². The van der Waals surface area contributed by atoms with E-state index in [9.17, 15) is 0 Å². The van der Waals surface area contributed by atoms with Crippen molar-refractivity contribution in [2.24, 2.45) is 0 Å². The van der Waals surface area contributed by atoms with Crippen LogP contribution in [0.25, 0.3) is 11.2 Å². The van der Waals surface area contributed by atoms with Crippen LogP contribution in [0.4, 0.5) is 5.69 Å². The molecule has 6 heteroatoms. The molecule has 5 nitrogen and oxygen atoms in total. The van der Waals surface area contributed by atoms with E-state index in [2.05, 4.69) is 20.4 Å². The maximum atomic E-state index is 5.44. The summed E-state index contributed by atoms with van der Waals surface area (Å²) in [7, 11) is 0. The summed E-state index contributed by atoms with van der Waals surface area (Å²) < 4.78 is 0. The highest BCUT2D eigenvalue weighted by molar-refractivity contribution is 5.85. The van der Waals surface area contributed by atoms with Gasteiger partial charge in [-0.1, -0.05) is 0 Å². The maximum Gasteiger partial charge on any atom is 0.201 e. The number of aromatic nitrogens is 4. The molecule has 0 amide bonds. The Labute approximate surface area is 68.4 Å². The minimum absolute atomic E-state index is 0. The second kappa shape index (κ2) is 2.71. The number of H-pyrrole nitrogens is 1. The molecule has 0 fully saturated rings. The fourth-order valence-electron chi connectivity index (χ4n) is 0.756. The molecule has 0 saturated carbocycles. The fourth-order valence-corrected chi connectivity index (χ4v) is 0.756. The van der Waals surface area contributed by atoms with Crippen LogP contribution in [0.3, 0.4) is 0 Å². The van der Waals surface area contributed by atoms with Crippen molar-refractivity contribution in [2.75, 3.05) is 5.73 Å². The molecule has 0 spiro atoms. The molecular formula is C5H6ClN5. The Morgan fingerprint density at radius 2 is 2.18 bits per heavy atom. The van der Waals surface area contributed by atoms with Gasteiger partial charge in [-0.25, -0.2) is 4.98 Å². The Morgan fingerprint density at radius 3 is 3.00 bits per heavy atom. The highest BCUT2D eigenvalue weighted by Gasteiger charge is 1.96. The summed E-state index contributed by atoms with van der Waals surface area (Å²) in [5.41, 5.74) is 7.32. The largest absolute Gasteiger partial charge is 0.397 e. The van der Waals surface area contributed by atoms with Crippen LogP contribution < -0.4 is 5.73 Å². The SMILES string of the molecule is Cl.Nc1cnc2n[nH]nc2c1. The smallest absolute Gasteiger partial charge is 0.201 e. The van der Waals surface area contributed by atoms with Crippen molar-refractivity contribution in [1.82, 2.24) is 20.4 Å². The minimum atomic E-state index is 0. The number of nitrogens with zero attached hydrogens (tertiary/aromatic N) is 3. The van der Waals surface area contributed by atoms with Gasteiger partial charge in [0.25, 0.3) is 0 Å². The molecule has 0 aliphatic rings. The number of nitrogen functional groups attached to an aromatic ring is 1. The van der Waals surface area contributed by atoms with Crippen molar-refractivity contribution in [1.29, 1.82) is 0 Å². The monoisotopic (exact) mass is 171 g/mol. The van der Waals surface area contributed by atoms with Crippen LogP contribution in [0.15, 0.2) is 12.3 Å². The van der Waals surface area contributed by atoms with E-state index in [-0.39, 0.29) is 12.4 Å². The molecule has 2 heterocycles. The van der Waals surface area contributed by atoms with Crippen LogP contribution in [0.2, 0.25) is 0 Å². The molecule has 0 saturated heterocycles. The third-order valence-corrected chi connectivity index (χ3v) is 1.19. The first-order valence-electron chi connectivity index (χ1n) is 2.78. The molecule has 0 atom stereocenters. The third-order valence-electron chi connectivity index (χ3n) is 1.19. The second-order valence-electron chi connectivity index (χ2n) is 1.93. The number of hydrogen-bond acceptors (Lipinski definition) is 4. The number of hydrogen-bond donors (Lipinski definition) is 2. The topological polar surface area (TPSA) is 80.5 Å². The van der Waals surface area contributed by atoms with Crippen molar-refractivity contribution in [3.8, 4) is 0 Å². The van der Waals surface area contributed by atoms with Crippen LogP contribution in [0.5, 0.6) is 0 Å². The van der Waals surface area contributed by atoms with Gasteiger partial charge in [-0.15, -0.1) is 17.5 Å². The summed E-state index contributed by atoms with van der Waals surface area (Å²) in [6.45, 7) is 0. The van der Waals surface area contributed by atoms with E-state index in [0.29, 0.717) is 16.9 Å². The van der Waals surface area contributed by atoms with Crippen LogP contribution in [-0.4, -0.2) is 20.4 Å². The standard InChI is InChI=1S/C5H5N5.ClH/c6-3-1-4-5(7-2-3)9-10-8-4;/h1-2H,6H2,(H,7,8,9,10);1H. The van der Waals surface area contributed by atoms with Gasteiger partial charge in [0.05, 0.1) is 11.9 Å². The quantitative estimate of drug-likeness (QED) is 0.600. The zero-order valence-electron chi connectivity index (χ0n) is 5.48. The molecule has 2 aromatic rings. The number of nitrogens with two attached hydrogens (primary N) is 1. The predicted molar refractivity (Wildman–Crippen MR) is 43.3 cm³/mol. The molecule has 58 valence electrons. The van der Waals surface area contributed by atoms with Gasteiger partial charge in [0.15, 0.2) is 0 Å².